The number of hydrogen-bond donors (Lipinski definition) is 1. The molecule has 1 heterocycles. The number of hydrogen-bond acceptors (Lipinski definition) is 4. The zero-order chi connectivity index (χ0) is 17.5. The van der Waals surface area contributed by atoms with Gasteiger partial charge in [0.1, 0.15) is 5.82 Å². The molecule has 1 aromatic rings. The summed E-state index contributed by atoms with van der Waals surface area (Å²) in [6.07, 6.45) is 3.54. The molecule has 0 unspecified atom stereocenters. The Bertz CT molecular complexity index is 676. The van der Waals surface area contributed by atoms with Crippen molar-refractivity contribution in [3.63, 3.8) is 0 Å². The Morgan fingerprint density at radius 1 is 1.33 bits per heavy atom. The zero-order valence-electron chi connectivity index (χ0n) is 13.4. The van der Waals surface area contributed by atoms with Gasteiger partial charge in [-0.25, -0.2) is 4.39 Å². The molecule has 128 valence electrons. The molecule has 24 heavy (non-hydrogen) atoms. The summed E-state index contributed by atoms with van der Waals surface area (Å²) < 4.78 is 13.6. The molecule has 0 spiro atoms. The van der Waals surface area contributed by atoms with E-state index in [2.05, 4.69) is 5.32 Å². The summed E-state index contributed by atoms with van der Waals surface area (Å²) in [5.74, 6) is -1.01. The Morgan fingerprint density at radius 3 is 2.79 bits per heavy atom. The minimum absolute atomic E-state index is 0.0919. The molecule has 1 aromatic carbocycles. The quantitative estimate of drug-likeness (QED) is 0.767. The second kappa shape index (κ2) is 8.63. The fourth-order valence-corrected chi connectivity index (χ4v) is 3.01. The van der Waals surface area contributed by atoms with Gasteiger partial charge in [-0.1, -0.05) is 31.5 Å². The molecular weight excluding hydrogens is 331 g/mol. The first kappa shape index (κ1) is 18.2. The third-order valence-electron chi connectivity index (χ3n) is 3.48. The van der Waals surface area contributed by atoms with Gasteiger partial charge in [0.2, 0.25) is 5.91 Å². The minimum atomic E-state index is -0.462. The van der Waals surface area contributed by atoms with E-state index in [0.717, 1.165) is 29.5 Å². The Hall–Kier alpha value is -2.15. The average molecular weight is 350 g/mol. The van der Waals surface area contributed by atoms with Crippen molar-refractivity contribution in [3.05, 3.63) is 40.6 Å². The Kier molecular flexibility index (Phi) is 6.54. The maximum atomic E-state index is 13.6. The van der Waals surface area contributed by atoms with Crippen LogP contribution in [0.3, 0.4) is 0 Å². The smallest absolute Gasteiger partial charge is 0.293 e. The number of carbonyl (C=O) groups excluding carboxylic acids is 3. The second-order valence-electron chi connectivity index (χ2n) is 5.31. The molecule has 1 aliphatic rings. The van der Waals surface area contributed by atoms with Crippen molar-refractivity contribution < 1.29 is 18.8 Å². The van der Waals surface area contributed by atoms with Crippen LogP contribution in [-0.4, -0.2) is 35.0 Å². The van der Waals surface area contributed by atoms with Crippen molar-refractivity contribution in [2.75, 3.05) is 13.1 Å². The maximum Gasteiger partial charge on any atom is 0.293 e. The van der Waals surface area contributed by atoms with Gasteiger partial charge in [0.05, 0.1) is 4.91 Å². The molecule has 0 saturated carbocycles. The first-order chi connectivity index (χ1) is 11.5. The van der Waals surface area contributed by atoms with E-state index in [1.54, 1.807) is 12.1 Å². The van der Waals surface area contributed by atoms with E-state index in [0.29, 0.717) is 6.42 Å². The van der Waals surface area contributed by atoms with E-state index in [-0.39, 0.29) is 29.5 Å². The van der Waals surface area contributed by atoms with Crippen molar-refractivity contribution >= 4 is 34.9 Å². The van der Waals surface area contributed by atoms with Crippen LogP contribution < -0.4 is 5.32 Å². The highest BCUT2D eigenvalue weighted by molar-refractivity contribution is 8.18. The van der Waals surface area contributed by atoms with E-state index < -0.39 is 17.0 Å². The van der Waals surface area contributed by atoms with Crippen LogP contribution in [0.5, 0.6) is 0 Å². The molecule has 0 aliphatic carbocycles. The minimum Gasteiger partial charge on any atom is -0.354 e. The topological polar surface area (TPSA) is 66.5 Å². The number of nitrogens with zero attached hydrogens (tertiary/aromatic N) is 1. The highest BCUT2D eigenvalue weighted by atomic mass is 32.2. The number of imide groups is 1. The summed E-state index contributed by atoms with van der Waals surface area (Å²) in [7, 11) is 0. The number of amides is 3. The summed E-state index contributed by atoms with van der Waals surface area (Å²) in [5.41, 5.74) is 0.260. The normalized spacial score (nSPS) is 16.1. The fourth-order valence-electron chi connectivity index (χ4n) is 2.16. The lowest BCUT2D eigenvalue weighted by Gasteiger charge is -2.12. The van der Waals surface area contributed by atoms with Gasteiger partial charge < -0.3 is 5.32 Å². The van der Waals surface area contributed by atoms with Gasteiger partial charge in [0, 0.05) is 25.1 Å². The highest BCUT2D eigenvalue weighted by Crippen LogP contribution is 2.32. The van der Waals surface area contributed by atoms with E-state index in [1.807, 2.05) is 6.92 Å². The summed E-state index contributed by atoms with van der Waals surface area (Å²) in [6, 6.07) is 6.05. The summed E-state index contributed by atoms with van der Waals surface area (Å²) in [4.78, 5) is 37.0. The number of halogens is 1. The van der Waals surface area contributed by atoms with Gasteiger partial charge >= 0.3 is 0 Å². The molecule has 1 saturated heterocycles. The number of rotatable bonds is 7. The number of thioether (sulfide) groups is 1. The Balaban J connectivity index is 1.94. The van der Waals surface area contributed by atoms with Crippen LogP contribution in [0.4, 0.5) is 9.18 Å². The standard InChI is InChI=1S/C17H19FN2O3S/c1-2-3-8-15(21)19-9-10-20-16(22)14(24-17(20)23)11-12-6-4-5-7-13(12)18/h4-7,11H,2-3,8-10H2,1H3,(H,19,21)/b14-11-. The van der Waals surface area contributed by atoms with Crippen LogP contribution in [0.1, 0.15) is 31.7 Å². The average Bonchev–Trinajstić information content (AvgIpc) is 2.82. The predicted molar refractivity (Wildman–Crippen MR) is 91.6 cm³/mol. The lowest BCUT2D eigenvalue weighted by Crippen LogP contribution is -2.37. The van der Waals surface area contributed by atoms with Gasteiger partial charge in [0.25, 0.3) is 11.1 Å². The first-order valence-corrected chi connectivity index (χ1v) is 8.61. The van der Waals surface area contributed by atoms with Crippen molar-refractivity contribution in [3.8, 4) is 0 Å². The molecule has 0 radical (unpaired) electrons. The lowest BCUT2D eigenvalue weighted by molar-refractivity contribution is -0.124. The molecule has 0 bridgehead atoms. The molecule has 5 nitrogen and oxygen atoms in total. The van der Waals surface area contributed by atoms with Crippen LogP contribution in [0.2, 0.25) is 0 Å². The van der Waals surface area contributed by atoms with Crippen molar-refractivity contribution in [1.29, 1.82) is 0 Å². The molecular formula is C17H19FN2O3S. The molecule has 0 atom stereocenters. The van der Waals surface area contributed by atoms with Crippen molar-refractivity contribution in [1.82, 2.24) is 10.2 Å². The maximum absolute atomic E-state index is 13.6. The third kappa shape index (κ3) is 4.67. The number of carbonyl (C=O) groups is 3. The molecule has 1 N–H and O–H groups in total. The van der Waals surface area contributed by atoms with Crippen LogP contribution in [0.15, 0.2) is 29.2 Å². The third-order valence-corrected chi connectivity index (χ3v) is 4.39. The van der Waals surface area contributed by atoms with Crippen molar-refractivity contribution in [2.45, 2.75) is 26.2 Å². The SMILES string of the molecule is CCCCC(=O)NCCN1C(=O)S/C(=C\c2ccccc2F)C1=O. The second-order valence-corrected chi connectivity index (χ2v) is 6.30. The van der Waals surface area contributed by atoms with Gasteiger partial charge in [-0.3, -0.25) is 19.3 Å². The van der Waals surface area contributed by atoms with E-state index in [9.17, 15) is 18.8 Å². The van der Waals surface area contributed by atoms with E-state index in [4.69, 9.17) is 0 Å². The molecule has 3 amide bonds. The Labute approximate surface area is 144 Å². The monoisotopic (exact) mass is 350 g/mol. The molecule has 0 aromatic heterocycles. The number of benzene rings is 1. The number of unbranched alkanes of at least 4 members (excludes halogenated alkanes) is 1. The summed E-state index contributed by atoms with van der Waals surface area (Å²) in [5, 5.41) is 2.27. The number of nitrogens with one attached hydrogen (secondary N) is 1. The predicted octanol–water partition coefficient (Wildman–Crippen LogP) is 3.17. The van der Waals surface area contributed by atoms with Crippen LogP contribution in [0.25, 0.3) is 6.08 Å². The van der Waals surface area contributed by atoms with Gasteiger partial charge in [-0.05, 0) is 30.3 Å². The summed E-state index contributed by atoms with van der Waals surface area (Å²) in [6.45, 7) is 2.32. The highest BCUT2D eigenvalue weighted by Gasteiger charge is 2.34. The molecule has 1 aliphatic heterocycles. The summed E-state index contributed by atoms with van der Waals surface area (Å²) >= 11 is 0.777. The molecule has 7 heteroatoms. The van der Waals surface area contributed by atoms with Crippen LogP contribution in [0, 0.1) is 5.82 Å². The van der Waals surface area contributed by atoms with Gasteiger partial charge in [0.15, 0.2) is 0 Å². The zero-order valence-corrected chi connectivity index (χ0v) is 14.2. The first-order valence-electron chi connectivity index (χ1n) is 7.79. The molecule has 1 fully saturated rings. The molecule has 2 rings (SSSR count). The van der Waals surface area contributed by atoms with Gasteiger partial charge in [-0.15, -0.1) is 0 Å². The van der Waals surface area contributed by atoms with Crippen LogP contribution >= 0.6 is 11.8 Å². The largest absolute Gasteiger partial charge is 0.354 e. The lowest BCUT2D eigenvalue weighted by atomic mass is 10.2. The van der Waals surface area contributed by atoms with E-state index in [1.165, 1.54) is 18.2 Å². The van der Waals surface area contributed by atoms with Crippen LogP contribution in [-0.2, 0) is 9.59 Å². The van der Waals surface area contributed by atoms with Gasteiger partial charge in [-0.2, -0.15) is 0 Å². The van der Waals surface area contributed by atoms with Crippen molar-refractivity contribution in [2.24, 2.45) is 0 Å². The van der Waals surface area contributed by atoms with E-state index >= 15 is 0 Å². The fraction of sp³-hybridized carbons (Fsp3) is 0.353. The Morgan fingerprint density at radius 2 is 2.08 bits per heavy atom.